The van der Waals surface area contributed by atoms with Crippen molar-refractivity contribution in [2.45, 2.75) is 25.4 Å². The second-order valence-corrected chi connectivity index (χ2v) is 6.58. The Kier molecular flexibility index (Phi) is 4.88. The van der Waals surface area contributed by atoms with Crippen LogP contribution in [0, 0.1) is 0 Å². The Morgan fingerprint density at radius 2 is 2.22 bits per heavy atom. The van der Waals surface area contributed by atoms with E-state index < -0.39 is 12.1 Å². The minimum atomic E-state index is -1.02. The van der Waals surface area contributed by atoms with Crippen molar-refractivity contribution in [2.75, 3.05) is 19.7 Å². The number of para-hydroxylation sites is 1. The maximum atomic E-state index is 12.2. The van der Waals surface area contributed by atoms with Crippen LogP contribution in [0.4, 0.5) is 0 Å². The quantitative estimate of drug-likeness (QED) is 0.904. The van der Waals surface area contributed by atoms with Crippen molar-refractivity contribution in [2.24, 2.45) is 0 Å². The van der Waals surface area contributed by atoms with Gasteiger partial charge in [0.25, 0.3) is 0 Å². The molecule has 2 heterocycles. The molecule has 0 bridgehead atoms. The maximum Gasteiger partial charge on any atom is 0.334 e. The maximum absolute atomic E-state index is 12.2. The molecule has 1 aliphatic rings. The second-order valence-electron chi connectivity index (χ2n) is 5.47. The van der Waals surface area contributed by atoms with E-state index in [1.54, 1.807) is 16.2 Å². The Bertz CT molecular complexity index is 682. The molecule has 1 saturated heterocycles. The first kappa shape index (κ1) is 15.9. The van der Waals surface area contributed by atoms with Gasteiger partial charge < -0.3 is 14.7 Å². The zero-order valence-electron chi connectivity index (χ0n) is 12.6. The summed E-state index contributed by atoms with van der Waals surface area (Å²) in [6.07, 6.45) is 0.977. The predicted octanol–water partition coefficient (Wildman–Crippen LogP) is 1.93. The Morgan fingerprint density at radius 3 is 3.00 bits per heavy atom. The Morgan fingerprint density at radius 1 is 1.39 bits per heavy atom. The summed E-state index contributed by atoms with van der Waals surface area (Å²) in [4.78, 5) is 29.3. The summed E-state index contributed by atoms with van der Waals surface area (Å²) in [7, 11) is 0. The highest BCUT2D eigenvalue weighted by Gasteiger charge is 2.28. The molecule has 1 atom stereocenters. The summed E-state index contributed by atoms with van der Waals surface area (Å²) in [6.45, 7) is 0.875. The molecule has 0 unspecified atom stereocenters. The minimum Gasteiger partial charge on any atom is -0.479 e. The lowest BCUT2D eigenvalue weighted by Crippen LogP contribution is -2.48. The minimum absolute atomic E-state index is 0.0133. The summed E-state index contributed by atoms with van der Waals surface area (Å²) < 4.78 is 6.28. The summed E-state index contributed by atoms with van der Waals surface area (Å²) in [6, 6.07) is 7.99. The van der Waals surface area contributed by atoms with Crippen molar-refractivity contribution in [3.8, 4) is 0 Å². The summed E-state index contributed by atoms with van der Waals surface area (Å²) in [5.74, 6) is -1.03. The van der Waals surface area contributed by atoms with Gasteiger partial charge in [-0.25, -0.2) is 9.78 Å². The van der Waals surface area contributed by atoms with Crippen molar-refractivity contribution in [1.29, 1.82) is 0 Å². The van der Waals surface area contributed by atoms with Gasteiger partial charge in [0.15, 0.2) is 6.10 Å². The van der Waals surface area contributed by atoms with Crippen LogP contribution in [0.2, 0.25) is 0 Å². The number of rotatable bonds is 5. The first-order valence-corrected chi connectivity index (χ1v) is 8.42. The van der Waals surface area contributed by atoms with Gasteiger partial charge in [0.1, 0.15) is 0 Å². The van der Waals surface area contributed by atoms with E-state index in [4.69, 9.17) is 9.84 Å². The molecular formula is C16H18N2O4S. The molecule has 7 heteroatoms. The lowest BCUT2D eigenvalue weighted by Gasteiger charge is -2.30. The molecule has 1 fully saturated rings. The zero-order chi connectivity index (χ0) is 16.2. The molecule has 2 aromatic rings. The lowest BCUT2D eigenvalue weighted by molar-refractivity contribution is -0.159. The van der Waals surface area contributed by atoms with Gasteiger partial charge in [-0.3, -0.25) is 4.79 Å². The molecule has 6 nitrogen and oxygen atoms in total. The number of benzene rings is 1. The molecule has 0 spiro atoms. The van der Waals surface area contributed by atoms with Gasteiger partial charge in [0, 0.05) is 13.0 Å². The zero-order valence-corrected chi connectivity index (χ0v) is 13.4. The second kappa shape index (κ2) is 7.06. The number of nitrogens with zero attached hydrogens (tertiary/aromatic N) is 2. The molecule has 0 aliphatic carbocycles. The number of hydrogen-bond donors (Lipinski definition) is 1. The predicted molar refractivity (Wildman–Crippen MR) is 86.5 cm³/mol. The van der Waals surface area contributed by atoms with Crippen LogP contribution >= 0.6 is 11.3 Å². The molecule has 1 aliphatic heterocycles. The van der Waals surface area contributed by atoms with E-state index in [2.05, 4.69) is 4.98 Å². The Labute approximate surface area is 137 Å². The van der Waals surface area contributed by atoms with Crippen molar-refractivity contribution in [3.63, 3.8) is 0 Å². The van der Waals surface area contributed by atoms with E-state index in [0.717, 1.165) is 21.6 Å². The highest BCUT2D eigenvalue weighted by atomic mass is 32.1. The van der Waals surface area contributed by atoms with Gasteiger partial charge in [-0.05, 0) is 25.0 Å². The topological polar surface area (TPSA) is 79.7 Å². The van der Waals surface area contributed by atoms with Crippen LogP contribution in [0.3, 0.4) is 0 Å². The number of thiazole rings is 1. The molecule has 0 radical (unpaired) electrons. The van der Waals surface area contributed by atoms with Gasteiger partial charge in [0.2, 0.25) is 5.91 Å². The van der Waals surface area contributed by atoms with Crippen molar-refractivity contribution < 1.29 is 19.4 Å². The monoisotopic (exact) mass is 334 g/mol. The molecular weight excluding hydrogens is 316 g/mol. The summed E-state index contributed by atoms with van der Waals surface area (Å²) in [5.41, 5.74) is 0.997. The smallest absolute Gasteiger partial charge is 0.334 e. The van der Waals surface area contributed by atoms with E-state index in [1.807, 2.05) is 24.3 Å². The van der Waals surface area contributed by atoms with Crippen LogP contribution in [-0.2, 0) is 20.7 Å². The molecule has 1 amide bonds. The fourth-order valence-corrected chi connectivity index (χ4v) is 3.61. The number of carbonyl (C=O) groups excluding carboxylic acids is 1. The van der Waals surface area contributed by atoms with Crippen molar-refractivity contribution in [3.05, 3.63) is 29.3 Å². The number of aryl methyl sites for hydroxylation is 1. The first-order chi connectivity index (χ1) is 11.1. The lowest BCUT2D eigenvalue weighted by atomic mass is 10.2. The fraction of sp³-hybridized carbons (Fsp3) is 0.438. The SMILES string of the molecule is O=C(O)[C@@H]1CN(C(=O)CCCc2nc3ccccc3s2)CCO1. The van der Waals surface area contributed by atoms with Crippen LogP contribution in [-0.4, -0.2) is 52.7 Å². The molecule has 3 rings (SSSR count). The number of ether oxygens (including phenoxy) is 1. The number of aromatic nitrogens is 1. The number of hydrogen-bond acceptors (Lipinski definition) is 5. The van der Waals surface area contributed by atoms with Gasteiger partial charge in [0.05, 0.1) is 28.4 Å². The van der Waals surface area contributed by atoms with Crippen molar-refractivity contribution >= 4 is 33.4 Å². The van der Waals surface area contributed by atoms with E-state index >= 15 is 0 Å². The average Bonchev–Trinajstić information content (AvgIpc) is 2.97. The Balaban J connectivity index is 1.50. The van der Waals surface area contributed by atoms with Gasteiger partial charge in [-0.15, -0.1) is 11.3 Å². The average molecular weight is 334 g/mol. The van der Waals surface area contributed by atoms with E-state index in [-0.39, 0.29) is 19.1 Å². The van der Waals surface area contributed by atoms with Crippen LogP contribution in [0.25, 0.3) is 10.2 Å². The molecule has 1 aromatic heterocycles. The van der Waals surface area contributed by atoms with E-state index in [9.17, 15) is 9.59 Å². The van der Waals surface area contributed by atoms with Crippen LogP contribution < -0.4 is 0 Å². The number of carboxylic acid groups (broad SMARTS) is 1. The molecule has 122 valence electrons. The normalized spacial score (nSPS) is 18.3. The third-order valence-corrected chi connectivity index (χ3v) is 4.91. The number of carboxylic acids is 1. The fourth-order valence-electron chi connectivity index (χ4n) is 2.60. The number of aliphatic carboxylic acids is 1. The van der Waals surface area contributed by atoms with E-state index in [1.165, 1.54) is 0 Å². The van der Waals surface area contributed by atoms with Crippen LogP contribution in [0.15, 0.2) is 24.3 Å². The number of carbonyl (C=O) groups is 2. The number of fused-ring (bicyclic) bond motifs is 1. The standard InChI is InChI=1S/C16H18N2O4S/c19-15(18-8-9-22-12(10-18)16(20)21)7-3-6-14-17-11-4-1-2-5-13(11)23-14/h1-2,4-5,12H,3,6-10H2,(H,20,21)/t12-/m0/s1. The first-order valence-electron chi connectivity index (χ1n) is 7.60. The summed E-state index contributed by atoms with van der Waals surface area (Å²) >= 11 is 1.66. The van der Waals surface area contributed by atoms with Crippen LogP contribution in [0.1, 0.15) is 17.8 Å². The molecule has 23 heavy (non-hydrogen) atoms. The van der Waals surface area contributed by atoms with Gasteiger partial charge >= 0.3 is 5.97 Å². The largest absolute Gasteiger partial charge is 0.479 e. The highest BCUT2D eigenvalue weighted by molar-refractivity contribution is 7.18. The number of morpholine rings is 1. The third-order valence-electron chi connectivity index (χ3n) is 3.81. The van der Waals surface area contributed by atoms with Crippen LogP contribution in [0.5, 0.6) is 0 Å². The molecule has 1 N–H and O–H groups in total. The highest BCUT2D eigenvalue weighted by Crippen LogP contribution is 2.22. The van der Waals surface area contributed by atoms with Gasteiger partial charge in [-0.1, -0.05) is 12.1 Å². The van der Waals surface area contributed by atoms with E-state index in [0.29, 0.717) is 19.4 Å². The Hall–Kier alpha value is -1.99. The third kappa shape index (κ3) is 3.86. The van der Waals surface area contributed by atoms with Gasteiger partial charge in [-0.2, -0.15) is 0 Å². The molecule has 0 saturated carbocycles. The summed E-state index contributed by atoms with van der Waals surface area (Å²) in [5, 5.41) is 9.99. The molecule has 1 aromatic carbocycles. The van der Waals surface area contributed by atoms with Crippen molar-refractivity contribution in [1.82, 2.24) is 9.88 Å². The number of amides is 1.